The summed E-state index contributed by atoms with van der Waals surface area (Å²) in [7, 11) is -3.14. The highest BCUT2D eigenvalue weighted by molar-refractivity contribution is 7.90. The summed E-state index contributed by atoms with van der Waals surface area (Å²) in [5, 5.41) is 13.6. The molecule has 0 aromatic heterocycles. The molecule has 4 nitrogen and oxygen atoms in total. The predicted octanol–water partition coefficient (Wildman–Crippen LogP) is 0.747. The van der Waals surface area contributed by atoms with Crippen LogP contribution in [0.4, 0.5) is 0 Å². The molecule has 0 bridgehead atoms. The van der Waals surface area contributed by atoms with Gasteiger partial charge in [0.15, 0.2) is 9.84 Å². The van der Waals surface area contributed by atoms with E-state index in [4.69, 9.17) is 0 Å². The van der Waals surface area contributed by atoms with Crippen LogP contribution in [0.3, 0.4) is 0 Å². The van der Waals surface area contributed by atoms with E-state index in [1.165, 1.54) is 6.26 Å². The number of rotatable bonds is 3. The number of piperidine rings is 1. The number of aliphatic hydroxyl groups is 1. The lowest BCUT2D eigenvalue weighted by atomic mass is 9.87. The summed E-state index contributed by atoms with van der Waals surface area (Å²) in [5.74, 6) is 0. The zero-order valence-electron chi connectivity index (χ0n) is 10.5. The third-order valence-corrected chi connectivity index (χ3v) is 4.46. The number of hydrogen-bond acceptors (Lipinski definition) is 4. The minimum absolute atomic E-state index is 0.319. The Kier molecular flexibility index (Phi) is 3.75. The van der Waals surface area contributed by atoms with Gasteiger partial charge < -0.3 is 10.4 Å². The van der Waals surface area contributed by atoms with Gasteiger partial charge in [-0.3, -0.25) is 0 Å². The van der Waals surface area contributed by atoms with Gasteiger partial charge in [-0.1, -0.05) is 12.1 Å². The second kappa shape index (κ2) is 4.99. The van der Waals surface area contributed by atoms with Crippen LogP contribution in [0.5, 0.6) is 0 Å². The molecule has 1 unspecified atom stereocenters. The van der Waals surface area contributed by atoms with Crippen molar-refractivity contribution >= 4 is 9.84 Å². The molecular formula is C13H19NO3S. The highest BCUT2D eigenvalue weighted by Gasteiger charge is 2.29. The van der Waals surface area contributed by atoms with Gasteiger partial charge in [0, 0.05) is 19.2 Å². The molecule has 1 atom stereocenters. The Hall–Kier alpha value is -0.910. The lowest BCUT2D eigenvalue weighted by Crippen LogP contribution is -2.47. The first-order valence-corrected chi connectivity index (χ1v) is 8.00. The minimum atomic E-state index is -3.14. The number of benzene rings is 1. The van der Waals surface area contributed by atoms with E-state index < -0.39 is 15.4 Å². The fraction of sp³-hybridized carbons (Fsp3) is 0.538. The zero-order valence-corrected chi connectivity index (χ0v) is 11.3. The maximum atomic E-state index is 11.3. The first-order chi connectivity index (χ1) is 8.39. The number of nitrogens with one attached hydrogen (secondary N) is 1. The first kappa shape index (κ1) is 13.5. The quantitative estimate of drug-likeness (QED) is 0.849. The van der Waals surface area contributed by atoms with Crippen molar-refractivity contribution in [2.24, 2.45) is 0 Å². The summed E-state index contributed by atoms with van der Waals surface area (Å²) >= 11 is 0. The Morgan fingerprint density at radius 2 is 2.00 bits per heavy atom. The second-order valence-electron chi connectivity index (χ2n) is 5.10. The van der Waals surface area contributed by atoms with Crippen LogP contribution in [0, 0.1) is 0 Å². The average Bonchev–Trinajstić information content (AvgIpc) is 2.29. The van der Waals surface area contributed by atoms with Crippen LogP contribution < -0.4 is 5.32 Å². The smallest absolute Gasteiger partial charge is 0.175 e. The Labute approximate surface area is 108 Å². The van der Waals surface area contributed by atoms with E-state index >= 15 is 0 Å². The fourth-order valence-electron chi connectivity index (χ4n) is 2.34. The average molecular weight is 269 g/mol. The Morgan fingerprint density at radius 1 is 1.33 bits per heavy atom. The zero-order chi connectivity index (χ0) is 13.2. The molecule has 18 heavy (non-hydrogen) atoms. The molecule has 0 radical (unpaired) electrons. The van der Waals surface area contributed by atoms with Crippen molar-refractivity contribution in [1.82, 2.24) is 5.32 Å². The van der Waals surface area contributed by atoms with Crippen LogP contribution in [-0.4, -0.2) is 38.5 Å². The normalized spacial score (nSPS) is 25.0. The lowest BCUT2D eigenvalue weighted by Gasteiger charge is -2.32. The van der Waals surface area contributed by atoms with E-state index in [1.54, 1.807) is 24.3 Å². The van der Waals surface area contributed by atoms with Crippen LogP contribution in [0.15, 0.2) is 29.2 Å². The van der Waals surface area contributed by atoms with Crippen molar-refractivity contribution in [3.63, 3.8) is 0 Å². The molecule has 0 saturated carbocycles. The van der Waals surface area contributed by atoms with E-state index in [9.17, 15) is 13.5 Å². The van der Waals surface area contributed by atoms with Crippen molar-refractivity contribution in [1.29, 1.82) is 0 Å². The van der Waals surface area contributed by atoms with E-state index in [2.05, 4.69) is 5.32 Å². The third-order valence-electron chi connectivity index (χ3n) is 3.33. The summed E-state index contributed by atoms with van der Waals surface area (Å²) in [5.41, 5.74) is 0.263. The minimum Gasteiger partial charge on any atom is -0.388 e. The summed E-state index contributed by atoms with van der Waals surface area (Å²) in [6.07, 6.45) is 3.51. The molecule has 1 aromatic rings. The molecule has 5 heteroatoms. The maximum Gasteiger partial charge on any atom is 0.175 e. The molecule has 1 heterocycles. The van der Waals surface area contributed by atoms with Gasteiger partial charge in [0.05, 0.1) is 10.5 Å². The van der Waals surface area contributed by atoms with Crippen LogP contribution in [-0.2, 0) is 16.3 Å². The highest BCUT2D eigenvalue weighted by atomic mass is 32.2. The van der Waals surface area contributed by atoms with Crippen molar-refractivity contribution in [2.75, 3.05) is 19.3 Å². The van der Waals surface area contributed by atoms with Crippen LogP contribution >= 0.6 is 0 Å². The van der Waals surface area contributed by atoms with Crippen LogP contribution in [0.25, 0.3) is 0 Å². The summed E-state index contributed by atoms with van der Waals surface area (Å²) in [6, 6.07) is 6.76. The Balaban J connectivity index is 2.11. The largest absolute Gasteiger partial charge is 0.388 e. The summed E-state index contributed by atoms with van der Waals surface area (Å²) in [4.78, 5) is 0.319. The predicted molar refractivity (Wildman–Crippen MR) is 70.3 cm³/mol. The van der Waals surface area contributed by atoms with E-state index in [0.29, 0.717) is 17.9 Å². The Morgan fingerprint density at radius 3 is 2.50 bits per heavy atom. The van der Waals surface area contributed by atoms with Crippen molar-refractivity contribution in [3.8, 4) is 0 Å². The van der Waals surface area contributed by atoms with Gasteiger partial charge in [-0.05, 0) is 37.1 Å². The fourth-order valence-corrected chi connectivity index (χ4v) is 2.97. The molecule has 0 spiro atoms. The molecule has 0 aliphatic carbocycles. The van der Waals surface area contributed by atoms with Gasteiger partial charge in [0.2, 0.25) is 0 Å². The first-order valence-electron chi connectivity index (χ1n) is 6.11. The molecule has 1 aliphatic heterocycles. The van der Waals surface area contributed by atoms with Gasteiger partial charge in [0.1, 0.15) is 0 Å². The molecule has 2 rings (SSSR count). The van der Waals surface area contributed by atoms with Crippen LogP contribution in [0.1, 0.15) is 18.4 Å². The molecule has 1 fully saturated rings. The van der Waals surface area contributed by atoms with E-state index in [1.807, 2.05) is 0 Å². The lowest BCUT2D eigenvalue weighted by molar-refractivity contribution is 0.0169. The number of sulfone groups is 1. The third kappa shape index (κ3) is 3.31. The van der Waals surface area contributed by atoms with E-state index in [-0.39, 0.29) is 0 Å². The Bertz CT molecular complexity index is 502. The van der Waals surface area contributed by atoms with Gasteiger partial charge in [-0.25, -0.2) is 8.42 Å². The van der Waals surface area contributed by atoms with Crippen molar-refractivity contribution in [2.45, 2.75) is 29.8 Å². The monoisotopic (exact) mass is 269 g/mol. The van der Waals surface area contributed by atoms with Crippen molar-refractivity contribution in [3.05, 3.63) is 29.8 Å². The molecule has 1 saturated heterocycles. The highest BCUT2D eigenvalue weighted by Crippen LogP contribution is 2.22. The number of hydrogen-bond donors (Lipinski definition) is 2. The summed E-state index contributed by atoms with van der Waals surface area (Å²) < 4.78 is 22.7. The SMILES string of the molecule is CS(=O)(=O)c1ccc(CC2(O)CCCNC2)cc1. The maximum absolute atomic E-state index is 11.3. The molecule has 0 amide bonds. The molecule has 1 aromatic carbocycles. The topological polar surface area (TPSA) is 66.4 Å². The summed E-state index contributed by atoms with van der Waals surface area (Å²) in [6.45, 7) is 1.55. The number of β-amino-alcohol motifs (C(OH)–C–C–N with tert-alkyl or cyclic N) is 1. The molecule has 100 valence electrons. The molecule has 1 aliphatic rings. The van der Waals surface area contributed by atoms with Crippen LogP contribution in [0.2, 0.25) is 0 Å². The van der Waals surface area contributed by atoms with Gasteiger partial charge >= 0.3 is 0 Å². The standard InChI is InChI=1S/C13H19NO3S/c1-18(16,17)12-5-3-11(4-6-12)9-13(15)7-2-8-14-10-13/h3-6,14-15H,2,7-10H2,1H3. The molecular weight excluding hydrogens is 250 g/mol. The van der Waals surface area contributed by atoms with Gasteiger partial charge in [0.25, 0.3) is 0 Å². The van der Waals surface area contributed by atoms with Gasteiger partial charge in [-0.2, -0.15) is 0 Å². The second-order valence-corrected chi connectivity index (χ2v) is 7.11. The molecule has 2 N–H and O–H groups in total. The van der Waals surface area contributed by atoms with Gasteiger partial charge in [-0.15, -0.1) is 0 Å². The van der Waals surface area contributed by atoms with Crippen molar-refractivity contribution < 1.29 is 13.5 Å². The van der Waals surface area contributed by atoms with E-state index in [0.717, 1.165) is 24.9 Å².